The average molecular weight is 286 g/mol. The molecular formula is C13H22N2O5. The third-order valence-electron chi connectivity index (χ3n) is 4.04. The van der Waals surface area contributed by atoms with E-state index in [2.05, 4.69) is 5.32 Å². The zero-order valence-electron chi connectivity index (χ0n) is 11.8. The number of carbonyl (C=O) groups is 2. The molecule has 114 valence electrons. The molecule has 0 aromatic rings. The van der Waals surface area contributed by atoms with E-state index in [1.807, 2.05) is 0 Å². The number of amides is 2. The molecule has 2 saturated heterocycles. The SMILES string of the molecule is CC1(C(=O)O)CCN(C(=O)NCC2COCCO2)CC1. The van der Waals surface area contributed by atoms with Gasteiger partial charge in [0.15, 0.2) is 0 Å². The lowest BCUT2D eigenvalue weighted by Crippen LogP contribution is -2.50. The van der Waals surface area contributed by atoms with Crippen molar-refractivity contribution in [3.8, 4) is 0 Å². The molecule has 2 fully saturated rings. The van der Waals surface area contributed by atoms with Gasteiger partial charge in [-0.1, -0.05) is 0 Å². The molecule has 2 aliphatic rings. The number of ether oxygens (including phenoxy) is 2. The maximum absolute atomic E-state index is 12.0. The number of nitrogens with zero attached hydrogens (tertiary/aromatic N) is 1. The minimum Gasteiger partial charge on any atom is -0.481 e. The molecule has 1 atom stereocenters. The van der Waals surface area contributed by atoms with E-state index >= 15 is 0 Å². The molecule has 2 aliphatic heterocycles. The highest BCUT2D eigenvalue weighted by molar-refractivity contribution is 5.77. The van der Waals surface area contributed by atoms with Crippen LogP contribution in [-0.2, 0) is 14.3 Å². The van der Waals surface area contributed by atoms with E-state index < -0.39 is 11.4 Å². The fourth-order valence-electron chi connectivity index (χ4n) is 2.38. The number of carboxylic acids is 1. The number of urea groups is 1. The summed E-state index contributed by atoms with van der Waals surface area (Å²) >= 11 is 0. The summed E-state index contributed by atoms with van der Waals surface area (Å²) < 4.78 is 10.7. The van der Waals surface area contributed by atoms with Crippen LogP contribution in [0.5, 0.6) is 0 Å². The highest BCUT2D eigenvalue weighted by atomic mass is 16.6. The molecule has 7 heteroatoms. The van der Waals surface area contributed by atoms with Gasteiger partial charge in [-0.3, -0.25) is 4.79 Å². The Morgan fingerprint density at radius 3 is 2.60 bits per heavy atom. The van der Waals surface area contributed by atoms with Crippen LogP contribution in [0.25, 0.3) is 0 Å². The fraction of sp³-hybridized carbons (Fsp3) is 0.846. The Morgan fingerprint density at radius 1 is 1.35 bits per heavy atom. The van der Waals surface area contributed by atoms with Gasteiger partial charge in [0.25, 0.3) is 0 Å². The monoisotopic (exact) mass is 286 g/mol. The fourth-order valence-corrected chi connectivity index (χ4v) is 2.38. The zero-order chi connectivity index (χ0) is 14.6. The van der Waals surface area contributed by atoms with E-state index in [4.69, 9.17) is 14.6 Å². The zero-order valence-corrected chi connectivity index (χ0v) is 11.8. The molecule has 1 unspecified atom stereocenters. The van der Waals surface area contributed by atoms with Crippen LogP contribution >= 0.6 is 0 Å². The van der Waals surface area contributed by atoms with Gasteiger partial charge in [-0.15, -0.1) is 0 Å². The molecule has 2 amide bonds. The second kappa shape index (κ2) is 6.41. The van der Waals surface area contributed by atoms with E-state index in [9.17, 15) is 9.59 Å². The van der Waals surface area contributed by atoms with E-state index in [1.165, 1.54) is 0 Å². The predicted octanol–water partition coefficient (Wildman–Crippen LogP) is 0.298. The van der Waals surface area contributed by atoms with Crippen LogP contribution < -0.4 is 5.32 Å². The van der Waals surface area contributed by atoms with E-state index in [0.29, 0.717) is 52.3 Å². The molecule has 20 heavy (non-hydrogen) atoms. The second-order valence-corrected chi connectivity index (χ2v) is 5.61. The average Bonchev–Trinajstić information content (AvgIpc) is 2.46. The molecule has 0 saturated carbocycles. The smallest absolute Gasteiger partial charge is 0.317 e. The van der Waals surface area contributed by atoms with Crippen molar-refractivity contribution in [3.63, 3.8) is 0 Å². The van der Waals surface area contributed by atoms with Crippen LogP contribution in [0.4, 0.5) is 4.79 Å². The Balaban J connectivity index is 1.73. The minimum atomic E-state index is -0.787. The number of hydrogen-bond acceptors (Lipinski definition) is 4. The minimum absolute atomic E-state index is 0.0956. The lowest BCUT2D eigenvalue weighted by Gasteiger charge is -2.36. The molecule has 0 aromatic heterocycles. The normalized spacial score (nSPS) is 26.1. The maximum atomic E-state index is 12.0. The number of rotatable bonds is 3. The molecular weight excluding hydrogens is 264 g/mol. The molecule has 2 rings (SSSR count). The first kappa shape index (κ1) is 15.1. The third-order valence-corrected chi connectivity index (χ3v) is 4.04. The van der Waals surface area contributed by atoms with Gasteiger partial charge >= 0.3 is 12.0 Å². The van der Waals surface area contributed by atoms with Crippen molar-refractivity contribution in [2.45, 2.75) is 25.9 Å². The van der Waals surface area contributed by atoms with Crippen LogP contribution in [-0.4, -0.2) is 67.6 Å². The molecule has 0 spiro atoms. The third kappa shape index (κ3) is 3.61. The van der Waals surface area contributed by atoms with Gasteiger partial charge in [0.1, 0.15) is 0 Å². The summed E-state index contributed by atoms with van der Waals surface area (Å²) in [5.41, 5.74) is -0.711. The van der Waals surface area contributed by atoms with Crippen LogP contribution in [0.1, 0.15) is 19.8 Å². The van der Waals surface area contributed by atoms with Crippen molar-refractivity contribution in [2.24, 2.45) is 5.41 Å². The van der Waals surface area contributed by atoms with Gasteiger partial charge in [-0.2, -0.15) is 0 Å². The molecule has 0 aromatic carbocycles. The Hall–Kier alpha value is -1.34. The van der Waals surface area contributed by atoms with Crippen LogP contribution in [0.3, 0.4) is 0 Å². The second-order valence-electron chi connectivity index (χ2n) is 5.61. The largest absolute Gasteiger partial charge is 0.481 e. The van der Waals surface area contributed by atoms with Crippen LogP contribution in [0.2, 0.25) is 0 Å². The summed E-state index contributed by atoms with van der Waals surface area (Å²) in [6, 6.07) is -0.161. The van der Waals surface area contributed by atoms with E-state index in [1.54, 1.807) is 11.8 Å². The predicted molar refractivity (Wildman–Crippen MR) is 70.5 cm³/mol. The lowest BCUT2D eigenvalue weighted by molar-refractivity contribution is -0.150. The van der Waals surface area contributed by atoms with Crippen molar-refractivity contribution >= 4 is 12.0 Å². The Bertz CT molecular complexity index is 360. The molecule has 0 bridgehead atoms. The summed E-state index contributed by atoms with van der Waals surface area (Å²) in [5.74, 6) is -0.787. The van der Waals surface area contributed by atoms with Crippen molar-refractivity contribution < 1.29 is 24.2 Å². The standard InChI is InChI=1S/C13H22N2O5/c1-13(11(16)17)2-4-15(5-3-13)12(18)14-8-10-9-19-6-7-20-10/h10H,2-9H2,1H3,(H,14,18)(H,16,17). The van der Waals surface area contributed by atoms with E-state index in [0.717, 1.165) is 0 Å². The molecule has 2 N–H and O–H groups in total. The highest BCUT2D eigenvalue weighted by Gasteiger charge is 2.38. The van der Waals surface area contributed by atoms with Gasteiger partial charge in [0.2, 0.25) is 0 Å². The van der Waals surface area contributed by atoms with Crippen molar-refractivity contribution in [3.05, 3.63) is 0 Å². The van der Waals surface area contributed by atoms with E-state index in [-0.39, 0.29) is 12.1 Å². The van der Waals surface area contributed by atoms with Crippen molar-refractivity contribution in [1.29, 1.82) is 0 Å². The number of likely N-dealkylation sites (tertiary alicyclic amines) is 1. The molecule has 0 radical (unpaired) electrons. The van der Waals surface area contributed by atoms with Crippen molar-refractivity contribution in [1.82, 2.24) is 10.2 Å². The van der Waals surface area contributed by atoms with Gasteiger partial charge < -0.3 is 24.8 Å². The number of carboxylic acid groups (broad SMARTS) is 1. The Morgan fingerprint density at radius 2 is 2.05 bits per heavy atom. The molecule has 0 aliphatic carbocycles. The Kier molecular flexibility index (Phi) is 4.82. The molecule has 2 heterocycles. The van der Waals surface area contributed by atoms with Gasteiger partial charge in [0, 0.05) is 19.6 Å². The van der Waals surface area contributed by atoms with Crippen molar-refractivity contribution in [2.75, 3.05) is 39.5 Å². The highest BCUT2D eigenvalue weighted by Crippen LogP contribution is 2.30. The summed E-state index contributed by atoms with van der Waals surface area (Å²) in [6.07, 6.45) is 0.874. The first-order valence-electron chi connectivity index (χ1n) is 6.97. The number of hydrogen-bond donors (Lipinski definition) is 2. The van der Waals surface area contributed by atoms with Crippen LogP contribution in [0.15, 0.2) is 0 Å². The van der Waals surface area contributed by atoms with Gasteiger partial charge in [-0.05, 0) is 19.8 Å². The number of piperidine rings is 1. The summed E-state index contributed by atoms with van der Waals surface area (Å²) in [4.78, 5) is 24.8. The lowest BCUT2D eigenvalue weighted by atomic mass is 9.80. The summed E-state index contributed by atoms with van der Waals surface area (Å²) in [5, 5.41) is 12.0. The maximum Gasteiger partial charge on any atom is 0.317 e. The molecule has 7 nitrogen and oxygen atoms in total. The summed E-state index contributed by atoms with van der Waals surface area (Å²) in [6.45, 7) is 4.75. The van der Waals surface area contributed by atoms with Gasteiger partial charge in [0.05, 0.1) is 31.3 Å². The quantitative estimate of drug-likeness (QED) is 0.779. The topological polar surface area (TPSA) is 88.1 Å². The van der Waals surface area contributed by atoms with Crippen LogP contribution in [0, 0.1) is 5.41 Å². The number of aliphatic carboxylic acids is 1. The number of carbonyl (C=O) groups excluding carboxylic acids is 1. The summed E-state index contributed by atoms with van der Waals surface area (Å²) in [7, 11) is 0. The first-order chi connectivity index (χ1) is 9.51. The Labute approximate surface area is 118 Å². The van der Waals surface area contributed by atoms with Gasteiger partial charge in [-0.25, -0.2) is 4.79 Å². The first-order valence-corrected chi connectivity index (χ1v) is 6.97. The number of nitrogens with one attached hydrogen (secondary N) is 1.